The highest BCUT2D eigenvalue weighted by atomic mass is 35.5. The van der Waals surface area contributed by atoms with E-state index in [0.717, 1.165) is 11.3 Å². The van der Waals surface area contributed by atoms with E-state index in [4.69, 9.17) is 39.5 Å². The van der Waals surface area contributed by atoms with Gasteiger partial charge in [0, 0.05) is 10.7 Å². The van der Waals surface area contributed by atoms with E-state index in [1.165, 1.54) is 18.9 Å². The Balaban J connectivity index is 2.01. The summed E-state index contributed by atoms with van der Waals surface area (Å²) in [6.45, 7) is 0. The Morgan fingerprint density at radius 3 is 2.30 bits per heavy atom. The molecule has 0 radical (unpaired) electrons. The molecule has 1 fully saturated rings. The standard InChI is InChI=1S/C16H12Cl3NO2S/c1-22-15-12(18)6-9(7-13(15)19)16-20(14(21)8-23-16)11-4-2-10(17)3-5-11/h2-7,16H,8H2,1H3/t16-/m0/s1. The molecule has 1 atom stereocenters. The molecule has 120 valence electrons. The van der Waals surface area contributed by atoms with Crippen molar-refractivity contribution in [3.63, 3.8) is 0 Å². The second-order valence-electron chi connectivity index (χ2n) is 4.92. The number of halogens is 3. The largest absolute Gasteiger partial charge is 0.494 e. The van der Waals surface area contributed by atoms with E-state index in [2.05, 4.69) is 0 Å². The van der Waals surface area contributed by atoms with Gasteiger partial charge in [-0.05, 0) is 42.0 Å². The van der Waals surface area contributed by atoms with E-state index in [1.807, 2.05) is 12.1 Å². The third-order valence-electron chi connectivity index (χ3n) is 3.48. The van der Waals surface area contributed by atoms with Gasteiger partial charge in [0.05, 0.1) is 22.9 Å². The van der Waals surface area contributed by atoms with Crippen LogP contribution in [0.3, 0.4) is 0 Å². The van der Waals surface area contributed by atoms with Crippen LogP contribution in [0.25, 0.3) is 0 Å². The van der Waals surface area contributed by atoms with Gasteiger partial charge < -0.3 is 4.74 Å². The minimum absolute atomic E-state index is 0.0328. The molecule has 2 aromatic carbocycles. The number of amides is 1. The highest BCUT2D eigenvalue weighted by Gasteiger charge is 2.34. The summed E-state index contributed by atoms with van der Waals surface area (Å²) in [6.07, 6.45) is 0. The minimum atomic E-state index is -0.190. The summed E-state index contributed by atoms with van der Waals surface area (Å²) in [7, 11) is 1.51. The molecule has 23 heavy (non-hydrogen) atoms. The topological polar surface area (TPSA) is 29.5 Å². The number of methoxy groups -OCH3 is 1. The van der Waals surface area contributed by atoms with Crippen molar-refractivity contribution in [3.05, 3.63) is 57.0 Å². The first kappa shape index (κ1) is 16.8. The molecule has 0 spiro atoms. The van der Waals surface area contributed by atoms with Crippen LogP contribution in [0.1, 0.15) is 10.9 Å². The monoisotopic (exact) mass is 387 g/mol. The van der Waals surface area contributed by atoms with Gasteiger partial charge in [-0.25, -0.2) is 0 Å². The molecule has 0 N–H and O–H groups in total. The van der Waals surface area contributed by atoms with Crippen LogP contribution in [0.2, 0.25) is 15.1 Å². The number of ether oxygens (including phenoxy) is 1. The maximum atomic E-state index is 12.3. The Labute approximate surface area is 153 Å². The van der Waals surface area contributed by atoms with Crippen molar-refractivity contribution >= 4 is 58.2 Å². The second kappa shape index (κ2) is 6.81. The summed E-state index contributed by atoms with van der Waals surface area (Å²) in [4.78, 5) is 14.0. The molecule has 3 nitrogen and oxygen atoms in total. The lowest BCUT2D eigenvalue weighted by atomic mass is 10.1. The molecule has 2 aromatic rings. The van der Waals surface area contributed by atoms with Gasteiger partial charge in [0.15, 0.2) is 5.75 Å². The van der Waals surface area contributed by atoms with Crippen LogP contribution >= 0.6 is 46.6 Å². The number of benzene rings is 2. The third-order valence-corrected chi connectivity index (χ3v) is 5.51. The number of nitrogens with zero attached hydrogens (tertiary/aromatic N) is 1. The van der Waals surface area contributed by atoms with Gasteiger partial charge in [0.1, 0.15) is 5.37 Å². The van der Waals surface area contributed by atoms with Crippen LogP contribution in [0, 0.1) is 0 Å². The van der Waals surface area contributed by atoms with Gasteiger partial charge in [-0.2, -0.15) is 0 Å². The molecular formula is C16H12Cl3NO2S. The van der Waals surface area contributed by atoms with Crippen LogP contribution in [-0.4, -0.2) is 18.8 Å². The molecule has 1 heterocycles. The Bertz CT molecular complexity index is 728. The number of thioether (sulfide) groups is 1. The molecule has 1 amide bonds. The van der Waals surface area contributed by atoms with Gasteiger partial charge in [0.2, 0.25) is 5.91 Å². The molecule has 1 aliphatic rings. The average molecular weight is 389 g/mol. The molecule has 0 aliphatic carbocycles. The lowest BCUT2D eigenvalue weighted by Crippen LogP contribution is -2.27. The molecule has 0 bridgehead atoms. The third kappa shape index (κ3) is 3.26. The van der Waals surface area contributed by atoms with Gasteiger partial charge in [0.25, 0.3) is 0 Å². The van der Waals surface area contributed by atoms with Crippen LogP contribution in [-0.2, 0) is 4.79 Å². The number of carbonyl (C=O) groups is 1. The minimum Gasteiger partial charge on any atom is -0.494 e. The summed E-state index contributed by atoms with van der Waals surface area (Å²) in [5, 5.41) is 1.28. The van der Waals surface area contributed by atoms with Crippen molar-refractivity contribution in [1.82, 2.24) is 0 Å². The summed E-state index contributed by atoms with van der Waals surface area (Å²) in [6, 6.07) is 10.7. The molecule has 0 saturated carbocycles. The zero-order valence-corrected chi connectivity index (χ0v) is 15.1. The molecule has 1 saturated heterocycles. The van der Waals surface area contributed by atoms with Gasteiger partial charge in [-0.3, -0.25) is 9.69 Å². The van der Waals surface area contributed by atoms with E-state index in [9.17, 15) is 4.79 Å². The number of carbonyl (C=O) groups excluding carboxylic acids is 1. The van der Waals surface area contributed by atoms with Crippen LogP contribution in [0.5, 0.6) is 5.75 Å². The predicted molar refractivity (Wildman–Crippen MR) is 97.2 cm³/mol. The normalized spacial score (nSPS) is 17.7. The van der Waals surface area contributed by atoms with Gasteiger partial charge in [-0.1, -0.05) is 34.8 Å². The van der Waals surface area contributed by atoms with Crippen molar-refractivity contribution in [1.29, 1.82) is 0 Å². The SMILES string of the molecule is COc1c(Cl)cc([C@@H]2SCC(=O)N2c2ccc(Cl)cc2)cc1Cl. The van der Waals surface area contributed by atoms with Gasteiger partial charge >= 0.3 is 0 Å². The van der Waals surface area contributed by atoms with Crippen molar-refractivity contribution < 1.29 is 9.53 Å². The van der Waals surface area contributed by atoms with E-state index < -0.39 is 0 Å². The summed E-state index contributed by atoms with van der Waals surface area (Å²) in [5.74, 6) is 0.865. The maximum absolute atomic E-state index is 12.3. The molecule has 0 aromatic heterocycles. The Morgan fingerprint density at radius 1 is 1.13 bits per heavy atom. The lowest BCUT2D eigenvalue weighted by Gasteiger charge is -2.25. The Morgan fingerprint density at radius 2 is 1.74 bits per heavy atom. The highest BCUT2D eigenvalue weighted by Crippen LogP contribution is 2.45. The van der Waals surface area contributed by atoms with E-state index in [-0.39, 0.29) is 11.3 Å². The Kier molecular flexibility index (Phi) is 4.97. The van der Waals surface area contributed by atoms with Crippen LogP contribution < -0.4 is 9.64 Å². The predicted octanol–water partition coefficient (Wildman–Crippen LogP) is 5.43. The fourth-order valence-corrected chi connectivity index (χ4v) is 4.41. The first-order valence-electron chi connectivity index (χ1n) is 6.73. The molecule has 1 aliphatic heterocycles. The first-order valence-corrected chi connectivity index (χ1v) is 8.91. The summed E-state index contributed by atoms with van der Waals surface area (Å²) >= 11 is 19.9. The zero-order chi connectivity index (χ0) is 16.6. The number of hydrogen-bond donors (Lipinski definition) is 0. The first-order chi connectivity index (χ1) is 11.0. The van der Waals surface area contributed by atoms with Crippen molar-refractivity contribution in [2.24, 2.45) is 0 Å². The molecule has 0 unspecified atom stereocenters. The average Bonchev–Trinajstić information content (AvgIpc) is 2.89. The summed E-state index contributed by atoms with van der Waals surface area (Å²) in [5.41, 5.74) is 1.64. The Hall–Kier alpha value is -1.07. The van der Waals surface area contributed by atoms with Crippen molar-refractivity contribution in [2.75, 3.05) is 17.8 Å². The highest BCUT2D eigenvalue weighted by molar-refractivity contribution is 8.00. The van der Waals surface area contributed by atoms with Crippen LogP contribution in [0.4, 0.5) is 5.69 Å². The van der Waals surface area contributed by atoms with Crippen molar-refractivity contribution in [3.8, 4) is 5.75 Å². The van der Waals surface area contributed by atoms with E-state index in [0.29, 0.717) is 26.6 Å². The smallest absolute Gasteiger partial charge is 0.238 e. The van der Waals surface area contributed by atoms with E-state index >= 15 is 0 Å². The number of hydrogen-bond acceptors (Lipinski definition) is 3. The van der Waals surface area contributed by atoms with Gasteiger partial charge in [-0.15, -0.1) is 11.8 Å². The molecular weight excluding hydrogens is 377 g/mol. The zero-order valence-electron chi connectivity index (χ0n) is 12.1. The van der Waals surface area contributed by atoms with E-state index in [1.54, 1.807) is 29.2 Å². The second-order valence-corrected chi connectivity index (χ2v) is 7.24. The lowest BCUT2D eigenvalue weighted by molar-refractivity contribution is -0.115. The number of rotatable bonds is 3. The number of anilines is 1. The molecule has 7 heteroatoms. The van der Waals surface area contributed by atoms with Crippen molar-refractivity contribution in [2.45, 2.75) is 5.37 Å². The maximum Gasteiger partial charge on any atom is 0.238 e. The molecule has 3 rings (SSSR count). The fraction of sp³-hybridized carbons (Fsp3) is 0.188. The van der Waals surface area contributed by atoms with Crippen LogP contribution in [0.15, 0.2) is 36.4 Å². The summed E-state index contributed by atoms with van der Waals surface area (Å²) < 4.78 is 5.17. The fourth-order valence-electron chi connectivity index (χ4n) is 2.47. The quantitative estimate of drug-likeness (QED) is 0.701.